The van der Waals surface area contributed by atoms with Gasteiger partial charge >= 0.3 is 0 Å². The molecule has 1 aromatic carbocycles. The average molecular weight is 210 g/mol. The molecule has 2 rings (SSSR count). The molecular weight excluding hydrogens is 196 g/mol. The zero-order valence-corrected chi connectivity index (χ0v) is 9.24. The van der Waals surface area contributed by atoms with Crippen molar-refractivity contribution < 1.29 is 0 Å². The Hall–Kier alpha value is -1.93. The third-order valence-corrected chi connectivity index (χ3v) is 2.85. The molecule has 0 aromatic heterocycles. The van der Waals surface area contributed by atoms with Gasteiger partial charge in [0.1, 0.15) is 0 Å². The summed E-state index contributed by atoms with van der Waals surface area (Å²) in [4.78, 5) is 2.37. The third-order valence-electron chi connectivity index (χ3n) is 2.85. The minimum absolute atomic E-state index is 0.964. The van der Waals surface area contributed by atoms with Crippen molar-refractivity contribution in [1.82, 2.24) is 0 Å². The maximum absolute atomic E-state index is 8.49. The number of nitriles is 1. The summed E-state index contributed by atoms with van der Waals surface area (Å²) < 4.78 is 0. The topological polar surface area (TPSA) is 27.0 Å². The Balaban J connectivity index is 2.28. The van der Waals surface area contributed by atoms with Crippen molar-refractivity contribution in [3.8, 4) is 17.9 Å². The lowest BCUT2D eigenvalue weighted by molar-refractivity contribution is 0.577. The van der Waals surface area contributed by atoms with Crippen LogP contribution in [0.5, 0.6) is 0 Å². The van der Waals surface area contributed by atoms with Gasteiger partial charge in [-0.3, -0.25) is 0 Å². The molecule has 1 aliphatic heterocycles. The number of hydrogen-bond acceptors (Lipinski definition) is 2. The maximum Gasteiger partial charge on any atom is 0.152 e. The largest absolute Gasteiger partial charge is 0.371 e. The van der Waals surface area contributed by atoms with Crippen LogP contribution < -0.4 is 4.90 Å². The highest BCUT2D eigenvalue weighted by molar-refractivity contribution is 5.61. The van der Waals surface area contributed by atoms with Crippen molar-refractivity contribution in [1.29, 1.82) is 5.26 Å². The molecule has 80 valence electrons. The summed E-state index contributed by atoms with van der Waals surface area (Å²) >= 11 is 0. The lowest BCUT2D eigenvalue weighted by atomic mass is 10.1. The number of nitrogens with zero attached hydrogens (tertiary/aromatic N) is 2. The SMILES string of the molecule is N#CC#Cc1ccccc1N1CCCCC1. The van der Waals surface area contributed by atoms with Crippen LogP contribution in [0.1, 0.15) is 24.8 Å². The Bertz CT molecular complexity index is 454. The van der Waals surface area contributed by atoms with Gasteiger partial charge in [0, 0.05) is 24.6 Å². The van der Waals surface area contributed by atoms with E-state index < -0.39 is 0 Å². The van der Waals surface area contributed by atoms with E-state index in [0.717, 1.165) is 18.7 Å². The Labute approximate surface area is 96.5 Å². The third kappa shape index (κ3) is 2.35. The van der Waals surface area contributed by atoms with Crippen molar-refractivity contribution in [2.75, 3.05) is 18.0 Å². The number of benzene rings is 1. The highest BCUT2D eigenvalue weighted by Crippen LogP contribution is 2.23. The van der Waals surface area contributed by atoms with Gasteiger partial charge in [0.25, 0.3) is 0 Å². The second-order valence-corrected chi connectivity index (χ2v) is 3.93. The van der Waals surface area contributed by atoms with E-state index in [2.05, 4.69) is 22.8 Å². The van der Waals surface area contributed by atoms with Gasteiger partial charge in [0.05, 0.1) is 5.69 Å². The molecule has 0 atom stereocenters. The van der Waals surface area contributed by atoms with Crippen molar-refractivity contribution in [2.24, 2.45) is 0 Å². The van der Waals surface area contributed by atoms with Gasteiger partial charge in [-0.05, 0) is 37.3 Å². The predicted molar refractivity (Wildman–Crippen MR) is 65.0 cm³/mol. The van der Waals surface area contributed by atoms with Gasteiger partial charge in [0.15, 0.2) is 6.07 Å². The minimum Gasteiger partial charge on any atom is -0.371 e. The predicted octanol–water partition coefficient (Wildman–Crippen LogP) is 2.55. The molecule has 0 radical (unpaired) electrons. The molecule has 2 nitrogen and oxygen atoms in total. The molecule has 1 fully saturated rings. The van der Waals surface area contributed by atoms with Crippen LogP contribution in [0.3, 0.4) is 0 Å². The van der Waals surface area contributed by atoms with Crippen molar-refractivity contribution in [3.63, 3.8) is 0 Å². The van der Waals surface area contributed by atoms with Gasteiger partial charge in [-0.15, -0.1) is 0 Å². The Morgan fingerprint density at radius 3 is 2.56 bits per heavy atom. The van der Waals surface area contributed by atoms with Gasteiger partial charge in [-0.1, -0.05) is 12.1 Å². The highest BCUT2D eigenvalue weighted by Gasteiger charge is 2.12. The van der Waals surface area contributed by atoms with Crippen LogP contribution in [-0.4, -0.2) is 13.1 Å². The van der Waals surface area contributed by atoms with Crippen LogP contribution in [0, 0.1) is 23.2 Å². The quantitative estimate of drug-likeness (QED) is 0.666. The molecule has 0 spiro atoms. The van der Waals surface area contributed by atoms with Crippen molar-refractivity contribution in [2.45, 2.75) is 19.3 Å². The average Bonchev–Trinajstić information content (AvgIpc) is 2.38. The first-order valence-corrected chi connectivity index (χ1v) is 5.66. The first kappa shape index (κ1) is 10.6. The summed E-state index contributed by atoms with van der Waals surface area (Å²) in [6.07, 6.45) is 3.82. The zero-order chi connectivity index (χ0) is 11.2. The molecule has 0 N–H and O–H groups in total. The van der Waals surface area contributed by atoms with Crippen LogP contribution in [0.4, 0.5) is 5.69 Å². The zero-order valence-electron chi connectivity index (χ0n) is 9.24. The first-order chi connectivity index (χ1) is 7.92. The Morgan fingerprint density at radius 1 is 1.06 bits per heavy atom. The number of rotatable bonds is 1. The van der Waals surface area contributed by atoms with E-state index in [4.69, 9.17) is 5.26 Å². The number of hydrogen-bond donors (Lipinski definition) is 0. The summed E-state index contributed by atoms with van der Waals surface area (Å²) in [5, 5.41) is 8.49. The lowest BCUT2D eigenvalue weighted by Crippen LogP contribution is -2.29. The van der Waals surface area contributed by atoms with Crippen LogP contribution in [0.25, 0.3) is 0 Å². The molecule has 1 aromatic rings. The van der Waals surface area contributed by atoms with Crippen LogP contribution in [0.15, 0.2) is 24.3 Å². The summed E-state index contributed by atoms with van der Waals surface area (Å²) in [6, 6.07) is 9.93. The summed E-state index contributed by atoms with van der Waals surface area (Å²) in [7, 11) is 0. The highest BCUT2D eigenvalue weighted by atomic mass is 15.1. The normalized spacial score (nSPS) is 14.8. The fourth-order valence-electron chi connectivity index (χ4n) is 2.09. The first-order valence-electron chi connectivity index (χ1n) is 5.66. The molecule has 0 amide bonds. The van der Waals surface area contributed by atoms with Crippen LogP contribution in [-0.2, 0) is 0 Å². The van der Waals surface area contributed by atoms with E-state index >= 15 is 0 Å². The molecule has 2 heteroatoms. The van der Waals surface area contributed by atoms with E-state index in [1.165, 1.54) is 24.9 Å². The number of anilines is 1. The number of para-hydroxylation sites is 1. The second-order valence-electron chi connectivity index (χ2n) is 3.93. The van der Waals surface area contributed by atoms with Crippen LogP contribution >= 0.6 is 0 Å². The van der Waals surface area contributed by atoms with Gasteiger partial charge in [-0.2, -0.15) is 5.26 Å². The van der Waals surface area contributed by atoms with Gasteiger partial charge < -0.3 is 4.90 Å². The Morgan fingerprint density at radius 2 is 1.81 bits per heavy atom. The molecule has 0 unspecified atom stereocenters. The molecule has 16 heavy (non-hydrogen) atoms. The molecular formula is C14H14N2. The maximum atomic E-state index is 8.49. The van der Waals surface area contributed by atoms with E-state index in [0.29, 0.717) is 0 Å². The van der Waals surface area contributed by atoms with E-state index in [1.54, 1.807) is 0 Å². The van der Waals surface area contributed by atoms with Crippen molar-refractivity contribution in [3.05, 3.63) is 29.8 Å². The van der Waals surface area contributed by atoms with E-state index in [-0.39, 0.29) is 0 Å². The molecule has 0 aliphatic carbocycles. The number of piperidine rings is 1. The Kier molecular flexibility index (Phi) is 3.46. The van der Waals surface area contributed by atoms with Gasteiger partial charge in [0.2, 0.25) is 0 Å². The van der Waals surface area contributed by atoms with E-state index in [9.17, 15) is 0 Å². The monoisotopic (exact) mass is 210 g/mol. The van der Waals surface area contributed by atoms with Gasteiger partial charge in [-0.25, -0.2) is 0 Å². The fraction of sp³-hybridized carbons (Fsp3) is 0.357. The minimum atomic E-state index is 0.964. The van der Waals surface area contributed by atoms with Crippen LogP contribution in [0.2, 0.25) is 0 Å². The summed E-state index contributed by atoms with van der Waals surface area (Å²) in [6.45, 7) is 2.20. The molecule has 1 saturated heterocycles. The molecule has 1 heterocycles. The standard InChI is InChI=1S/C14H14N2/c15-10-6-8-13-7-2-3-9-14(13)16-11-4-1-5-12-16/h2-3,7,9H,1,4-5,11-12H2. The molecule has 0 bridgehead atoms. The van der Waals surface area contributed by atoms with E-state index in [1.807, 2.05) is 24.3 Å². The molecule has 0 saturated carbocycles. The summed E-state index contributed by atoms with van der Waals surface area (Å²) in [5.74, 6) is 5.38. The molecule has 1 aliphatic rings. The summed E-state index contributed by atoms with van der Waals surface area (Å²) in [5.41, 5.74) is 2.14. The fourth-order valence-corrected chi connectivity index (χ4v) is 2.09. The second kappa shape index (κ2) is 5.24. The lowest BCUT2D eigenvalue weighted by Gasteiger charge is -2.29. The van der Waals surface area contributed by atoms with Crippen molar-refractivity contribution >= 4 is 5.69 Å². The smallest absolute Gasteiger partial charge is 0.152 e.